The monoisotopic (exact) mass is 257 g/mol. The van der Waals surface area contributed by atoms with E-state index in [1.807, 2.05) is 18.7 Å². The van der Waals surface area contributed by atoms with E-state index < -0.39 is 0 Å². The van der Waals surface area contributed by atoms with Gasteiger partial charge in [-0.3, -0.25) is 4.79 Å². The van der Waals surface area contributed by atoms with Crippen molar-refractivity contribution in [1.82, 2.24) is 4.90 Å². The number of amides is 1. The molecule has 98 valence electrons. The van der Waals surface area contributed by atoms with E-state index in [1.165, 1.54) is 30.3 Å². The maximum Gasteiger partial charge on any atom is 0.236 e. The first-order valence-electron chi connectivity index (χ1n) is 6.40. The van der Waals surface area contributed by atoms with Gasteiger partial charge in [-0.1, -0.05) is 13.0 Å². The number of rotatable bonds is 6. The molecule has 0 spiro atoms. The Kier molecular flexibility index (Phi) is 6.66. The Labute approximate surface area is 108 Å². The predicted molar refractivity (Wildman–Crippen MR) is 72.9 cm³/mol. The summed E-state index contributed by atoms with van der Waals surface area (Å²) >= 11 is 1.52. The second-order valence-electron chi connectivity index (χ2n) is 4.38. The highest BCUT2D eigenvalue weighted by Crippen LogP contribution is 2.22. The number of thioether (sulfide) groups is 1. The fourth-order valence-electron chi connectivity index (χ4n) is 1.95. The summed E-state index contributed by atoms with van der Waals surface area (Å²) in [5.74, 6) is 0.637. The summed E-state index contributed by atoms with van der Waals surface area (Å²) in [7, 11) is 0. The van der Waals surface area contributed by atoms with Gasteiger partial charge < -0.3 is 10.0 Å². The highest BCUT2D eigenvalue weighted by molar-refractivity contribution is 8.00. The van der Waals surface area contributed by atoms with Gasteiger partial charge in [-0.25, -0.2) is 0 Å². The van der Waals surface area contributed by atoms with E-state index in [1.54, 1.807) is 0 Å². The molecule has 1 aliphatic rings. The summed E-state index contributed by atoms with van der Waals surface area (Å²) in [6, 6.07) is 0. The van der Waals surface area contributed by atoms with Gasteiger partial charge in [0, 0.05) is 17.5 Å². The molecule has 0 heterocycles. The number of carbonyl (C=O) groups excluding carboxylic acids is 1. The van der Waals surface area contributed by atoms with E-state index in [9.17, 15) is 4.79 Å². The minimum absolute atomic E-state index is 0.132. The molecule has 1 unspecified atom stereocenters. The average Bonchev–Trinajstić information content (AvgIpc) is 2.38. The van der Waals surface area contributed by atoms with Crippen LogP contribution in [-0.2, 0) is 4.79 Å². The summed E-state index contributed by atoms with van der Waals surface area (Å²) < 4.78 is 0. The van der Waals surface area contributed by atoms with Crippen molar-refractivity contribution in [1.29, 1.82) is 0 Å². The minimum atomic E-state index is 0.132. The molecule has 0 saturated heterocycles. The highest BCUT2D eigenvalue weighted by Gasteiger charge is 2.18. The van der Waals surface area contributed by atoms with E-state index in [0.717, 1.165) is 19.4 Å². The number of allylic oxidation sites excluding steroid dienone is 2. The maximum absolute atomic E-state index is 12.1. The lowest BCUT2D eigenvalue weighted by Gasteiger charge is -2.26. The first kappa shape index (κ1) is 14.6. The molecule has 4 heteroatoms. The third-order valence-corrected chi connectivity index (χ3v) is 4.11. The Bertz CT molecular complexity index is 279. The van der Waals surface area contributed by atoms with Gasteiger partial charge in [-0.15, -0.1) is 11.8 Å². The molecule has 0 fully saturated rings. The standard InChI is InChI=1S/C13H23NO2S/c1-3-14(12-7-5-4-6-8-12)13(16)10-17-11(2)9-15/h7,11,15H,3-6,8-10H2,1-2H3. The van der Waals surface area contributed by atoms with Crippen LogP contribution in [0.25, 0.3) is 0 Å². The Morgan fingerprint density at radius 3 is 2.88 bits per heavy atom. The summed E-state index contributed by atoms with van der Waals surface area (Å²) in [6.07, 6.45) is 6.76. The van der Waals surface area contributed by atoms with Crippen LogP contribution in [-0.4, -0.2) is 40.1 Å². The SMILES string of the molecule is CCN(C(=O)CSC(C)CO)C1=CCCCC1. The third-order valence-electron chi connectivity index (χ3n) is 2.98. The maximum atomic E-state index is 12.1. The molecule has 1 aliphatic carbocycles. The molecule has 3 nitrogen and oxygen atoms in total. The van der Waals surface area contributed by atoms with Crippen LogP contribution in [0.15, 0.2) is 11.8 Å². The van der Waals surface area contributed by atoms with Crippen LogP contribution in [0.2, 0.25) is 0 Å². The van der Waals surface area contributed by atoms with Crippen LogP contribution in [0, 0.1) is 0 Å². The Morgan fingerprint density at radius 1 is 1.59 bits per heavy atom. The Hall–Kier alpha value is -0.480. The molecule has 1 atom stereocenters. The van der Waals surface area contributed by atoms with Gasteiger partial charge in [-0.2, -0.15) is 0 Å². The fourth-order valence-corrected chi connectivity index (χ4v) is 2.64. The van der Waals surface area contributed by atoms with Gasteiger partial charge in [0.1, 0.15) is 0 Å². The van der Waals surface area contributed by atoms with Gasteiger partial charge in [0.25, 0.3) is 0 Å². The zero-order valence-corrected chi connectivity index (χ0v) is 11.6. The molecular weight excluding hydrogens is 234 g/mol. The van der Waals surface area contributed by atoms with Gasteiger partial charge >= 0.3 is 0 Å². The Morgan fingerprint density at radius 2 is 2.35 bits per heavy atom. The zero-order valence-electron chi connectivity index (χ0n) is 10.8. The molecule has 0 aromatic carbocycles. The topological polar surface area (TPSA) is 40.5 Å². The van der Waals surface area contributed by atoms with Crippen molar-refractivity contribution in [3.8, 4) is 0 Å². The van der Waals surface area contributed by atoms with Crippen LogP contribution in [0.1, 0.15) is 39.5 Å². The van der Waals surface area contributed by atoms with Gasteiger partial charge in [-0.05, 0) is 32.6 Å². The van der Waals surface area contributed by atoms with Crippen LogP contribution >= 0.6 is 11.8 Å². The first-order chi connectivity index (χ1) is 8.19. The molecule has 0 bridgehead atoms. The molecule has 17 heavy (non-hydrogen) atoms. The summed E-state index contributed by atoms with van der Waals surface area (Å²) in [5.41, 5.74) is 1.20. The molecule has 1 N–H and O–H groups in total. The summed E-state index contributed by atoms with van der Waals surface area (Å²) in [5, 5.41) is 9.07. The molecule has 1 amide bonds. The number of aliphatic hydroxyl groups is 1. The molecule has 0 aliphatic heterocycles. The van der Waals surface area contributed by atoms with E-state index in [4.69, 9.17) is 5.11 Å². The largest absolute Gasteiger partial charge is 0.395 e. The van der Waals surface area contributed by atoms with Crippen molar-refractivity contribution in [2.24, 2.45) is 0 Å². The Balaban J connectivity index is 2.48. The van der Waals surface area contributed by atoms with E-state index in [-0.39, 0.29) is 17.8 Å². The zero-order chi connectivity index (χ0) is 12.7. The van der Waals surface area contributed by atoms with Crippen LogP contribution < -0.4 is 0 Å². The number of nitrogens with zero attached hydrogens (tertiary/aromatic N) is 1. The van der Waals surface area contributed by atoms with Gasteiger partial charge in [0.05, 0.1) is 12.4 Å². The number of aliphatic hydroxyl groups excluding tert-OH is 1. The van der Waals surface area contributed by atoms with Crippen molar-refractivity contribution in [3.63, 3.8) is 0 Å². The van der Waals surface area contributed by atoms with Crippen molar-refractivity contribution < 1.29 is 9.90 Å². The molecule has 0 aromatic rings. The van der Waals surface area contributed by atoms with Gasteiger partial charge in [0.2, 0.25) is 5.91 Å². The quantitative estimate of drug-likeness (QED) is 0.794. The third kappa shape index (κ3) is 4.72. The predicted octanol–water partition coefficient (Wildman–Crippen LogP) is 2.41. The molecule has 0 saturated carbocycles. The van der Waals surface area contributed by atoms with Crippen molar-refractivity contribution in [2.75, 3.05) is 18.9 Å². The lowest BCUT2D eigenvalue weighted by molar-refractivity contribution is -0.126. The smallest absolute Gasteiger partial charge is 0.236 e. The van der Waals surface area contributed by atoms with Crippen LogP contribution in [0.4, 0.5) is 0 Å². The van der Waals surface area contributed by atoms with Gasteiger partial charge in [0.15, 0.2) is 0 Å². The first-order valence-corrected chi connectivity index (χ1v) is 7.45. The normalized spacial score (nSPS) is 17.5. The van der Waals surface area contributed by atoms with Crippen molar-refractivity contribution in [3.05, 3.63) is 11.8 Å². The lowest BCUT2D eigenvalue weighted by Crippen LogP contribution is -2.32. The average molecular weight is 257 g/mol. The molecule has 0 aromatic heterocycles. The number of carbonyl (C=O) groups is 1. The number of hydrogen-bond donors (Lipinski definition) is 1. The van der Waals surface area contributed by atoms with E-state index in [2.05, 4.69) is 6.08 Å². The molecular formula is C13H23NO2S. The molecule has 0 radical (unpaired) electrons. The minimum Gasteiger partial charge on any atom is -0.395 e. The van der Waals surface area contributed by atoms with E-state index in [0.29, 0.717) is 5.75 Å². The summed E-state index contributed by atoms with van der Waals surface area (Å²) in [6.45, 7) is 4.84. The second kappa shape index (κ2) is 7.77. The van der Waals surface area contributed by atoms with Crippen molar-refractivity contribution >= 4 is 17.7 Å². The molecule has 1 rings (SSSR count). The van der Waals surface area contributed by atoms with Crippen molar-refractivity contribution in [2.45, 2.75) is 44.8 Å². The number of hydrogen-bond acceptors (Lipinski definition) is 3. The second-order valence-corrected chi connectivity index (χ2v) is 5.81. The van der Waals surface area contributed by atoms with E-state index >= 15 is 0 Å². The summed E-state index contributed by atoms with van der Waals surface area (Å²) in [4.78, 5) is 14.0. The fraction of sp³-hybridized carbons (Fsp3) is 0.769. The highest BCUT2D eigenvalue weighted by atomic mass is 32.2. The lowest BCUT2D eigenvalue weighted by atomic mass is 10.0. The van der Waals surface area contributed by atoms with Crippen LogP contribution in [0.3, 0.4) is 0 Å². The van der Waals surface area contributed by atoms with Crippen LogP contribution in [0.5, 0.6) is 0 Å².